The molecule has 1 amide bonds. The lowest BCUT2D eigenvalue weighted by Gasteiger charge is -2.22. The number of carbonyl (C=O) groups excluding carboxylic acids is 1. The van der Waals surface area contributed by atoms with E-state index in [2.05, 4.69) is 17.1 Å². The van der Waals surface area contributed by atoms with Crippen LogP contribution in [0, 0.1) is 0 Å². The van der Waals surface area contributed by atoms with Gasteiger partial charge in [0.05, 0.1) is 0 Å². The van der Waals surface area contributed by atoms with Crippen molar-refractivity contribution in [3.8, 4) is 0 Å². The number of aromatic nitrogens is 2. The Morgan fingerprint density at radius 1 is 1.41 bits per heavy atom. The van der Waals surface area contributed by atoms with E-state index in [-0.39, 0.29) is 11.9 Å². The van der Waals surface area contributed by atoms with Crippen LogP contribution < -0.4 is 0 Å². The molecule has 2 aromatic rings. The lowest BCUT2D eigenvalue weighted by Crippen LogP contribution is -2.27. The Bertz CT molecular complexity index is 671. The molecular weight excluding hydrogens is 302 g/mol. The summed E-state index contributed by atoms with van der Waals surface area (Å²) in [7, 11) is 0. The van der Waals surface area contributed by atoms with E-state index >= 15 is 0 Å². The van der Waals surface area contributed by atoms with Gasteiger partial charge in [-0.15, -0.1) is 0 Å². The first kappa shape index (κ1) is 15.0. The average Bonchev–Trinajstić information content (AvgIpc) is 3.10. The summed E-state index contributed by atoms with van der Waals surface area (Å²) in [6.07, 6.45) is 2.96. The van der Waals surface area contributed by atoms with Gasteiger partial charge >= 0.3 is 0 Å². The number of rotatable bonds is 5. The summed E-state index contributed by atoms with van der Waals surface area (Å²) in [5.74, 6) is 1.33. The van der Waals surface area contributed by atoms with Gasteiger partial charge in [0, 0.05) is 24.4 Å². The van der Waals surface area contributed by atoms with E-state index in [1.54, 1.807) is 4.90 Å². The highest BCUT2D eigenvalue weighted by atomic mass is 35.5. The highest BCUT2D eigenvalue weighted by Gasteiger charge is 2.36. The van der Waals surface area contributed by atoms with Gasteiger partial charge in [0.25, 0.3) is 0 Å². The second-order valence-electron chi connectivity index (χ2n) is 5.47. The summed E-state index contributed by atoms with van der Waals surface area (Å²) >= 11 is 6.20. The number of benzene rings is 1. The monoisotopic (exact) mass is 319 g/mol. The fourth-order valence-electron chi connectivity index (χ4n) is 2.73. The third-order valence-electron chi connectivity index (χ3n) is 3.87. The smallest absolute Gasteiger partial charge is 0.249 e. The lowest BCUT2D eigenvalue weighted by atomic mass is 10.2. The van der Waals surface area contributed by atoms with Gasteiger partial charge in [-0.2, -0.15) is 4.98 Å². The van der Waals surface area contributed by atoms with Crippen LogP contribution in [0.2, 0.25) is 5.02 Å². The molecule has 1 saturated heterocycles. The number of likely N-dealkylation sites (tertiary alicyclic amines) is 1. The number of amides is 1. The van der Waals surface area contributed by atoms with Crippen molar-refractivity contribution in [2.45, 2.75) is 45.2 Å². The summed E-state index contributed by atoms with van der Waals surface area (Å²) < 4.78 is 5.36. The molecule has 5 nitrogen and oxygen atoms in total. The number of hydrogen-bond acceptors (Lipinski definition) is 4. The molecule has 2 heterocycles. The number of hydrogen-bond donors (Lipinski definition) is 0. The van der Waals surface area contributed by atoms with Crippen LogP contribution in [0.15, 0.2) is 28.8 Å². The molecule has 1 unspecified atom stereocenters. The van der Waals surface area contributed by atoms with Crippen LogP contribution in [0.5, 0.6) is 0 Å². The first-order valence-corrected chi connectivity index (χ1v) is 7.92. The zero-order chi connectivity index (χ0) is 15.5. The van der Waals surface area contributed by atoms with Crippen LogP contribution in [0.3, 0.4) is 0 Å². The van der Waals surface area contributed by atoms with Crippen molar-refractivity contribution >= 4 is 17.5 Å². The fourth-order valence-corrected chi connectivity index (χ4v) is 2.92. The zero-order valence-corrected chi connectivity index (χ0v) is 13.2. The van der Waals surface area contributed by atoms with Crippen LogP contribution >= 0.6 is 11.6 Å². The van der Waals surface area contributed by atoms with Gasteiger partial charge in [0.15, 0.2) is 5.82 Å². The highest BCUT2D eigenvalue weighted by molar-refractivity contribution is 6.31. The molecule has 3 rings (SSSR count). The minimum absolute atomic E-state index is 0.0974. The summed E-state index contributed by atoms with van der Waals surface area (Å²) in [5, 5.41) is 4.65. The van der Waals surface area contributed by atoms with Crippen molar-refractivity contribution < 1.29 is 9.32 Å². The maximum atomic E-state index is 12.2. The average molecular weight is 320 g/mol. The summed E-state index contributed by atoms with van der Waals surface area (Å²) in [5.41, 5.74) is 0.928. The summed E-state index contributed by atoms with van der Waals surface area (Å²) in [4.78, 5) is 18.4. The molecule has 1 aromatic carbocycles. The molecule has 0 radical (unpaired) electrons. The minimum atomic E-state index is -0.151. The molecule has 0 bridgehead atoms. The highest BCUT2D eigenvalue weighted by Crippen LogP contribution is 2.34. The normalized spacial score (nSPS) is 18.2. The fraction of sp³-hybridized carbons (Fsp3) is 0.438. The molecule has 0 saturated carbocycles. The quantitative estimate of drug-likeness (QED) is 0.845. The topological polar surface area (TPSA) is 59.2 Å². The van der Waals surface area contributed by atoms with Crippen molar-refractivity contribution in [2.24, 2.45) is 0 Å². The molecule has 1 aliphatic rings. The molecule has 6 heteroatoms. The van der Waals surface area contributed by atoms with Crippen LogP contribution in [-0.4, -0.2) is 20.9 Å². The van der Waals surface area contributed by atoms with Crippen molar-refractivity contribution in [3.05, 3.63) is 46.6 Å². The van der Waals surface area contributed by atoms with Gasteiger partial charge in [0.2, 0.25) is 11.8 Å². The lowest BCUT2D eigenvalue weighted by molar-refractivity contribution is -0.129. The third kappa shape index (κ3) is 2.99. The Kier molecular flexibility index (Phi) is 4.43. The molecule has 1 aliphatic heterocycles. The minimum Gasteiger partial charge on any atom is -0.337 e. The Hall–Kier alpha value is -1.88. The molecule has 0 N–H and O–H groups in total. The van der Waals surface area contributed by atoms with E-state index in [4.69, 9.17) is 16.1 Å². The van der Waals surface area contributed by atoms with Gasteiger partial charge in [0.1, 0.15) is 6.04 Å². The second kappa shape index (κ2) is 6.48. The number of halogens is 1. The van der Waals surface area contributed by atoms with Gasteiger partial charge in [-0.1, -0.05) is 41.9 Å². The maximum Gasteiger partial charge on any atom is 0.249 e. The Morgan fingerprint density at radius 3 is 3.00 bits per heavy atom. The van der Waals surface area contributed by atoms with E-state index in [0.29, 0.717) is 36.1 Å². The third-order valence-corrected chi connectivity index (χ3v) is 4.24. The van der Waals surface area contributed by atoms with E-state index in [1.165, 1.54) is 0 Å². The maximum absolute atomic E-state index is 12.2. The van der Waals surface area contributed by atoms with Crippen LogP contribution in [0.1, 0.15) is 49.5 Å². The zero-order valence-electron chi connectivity index (χ0n) is 12.5. The second-order valence-corrected chi connectivity index (χ2v) is 5.87. The van der Waals surface area contributed by atoms with Crippen molar-refractivity contribution in [1.29, 1.82) is 0 Å². The molecule has 1 aromatic heterocycles. The standard InChI is InChI=1S/C16H18ClN3O2/c1-2-5-14-18-16(22-19-14)13-8-9-15(21)20(13)10-11-6-3-4-7-12(11)17/h3-4,6-7,13H,2,5,8-10H2,1H3. The van der Waals surface area contributed by atoms with E-state index in [9.17, 15) is 4.79 Å². The van der Waals surface area contributed by atoms with Crippen LogP contribution in [0.25, 0.3) is 0 Å². The molecule has 0 aliphatic carbocycles. The Morgan fingerprint density at radius 2 is 2.23 bits per heavy atom. The van der Waals surface area contributed by atoms with Crippen LogP contribution in [0.4, 0.5) is 0 Å². The SMILES string of the molecule is CCCc1noc(C2CCC(=O)N2Cc2ccccc2Cl)n1. The van der Waals surface area contributed by atoms with Crippen molar-refractivity contribution in [2.75, 3.05) is 0 Å². The Labute approximate surface area is 134 Å². The van der Waals surface area contributed by atoms with Gasteiger partial charge < -0.3 is 9.42 Å². The summed E-state index contributed by atoms with van der Waals surface area (Å²) in [6.45, 7) is 2.54. The predicted molar refractivity (Wildman–Crippen MR) is 82.3 cm³/mol. The first-order chi connectivity index (χ1) is 10.7. The number of nitrogens with zero attached hydrogens (tertiary/aromatic N) is 3. The molecule has 22 heavy (non-hydrogen) atoms. The van der Waals surface area contributed by atoms with Crippen LogP contribution in [-0.2, 0) is 17.8 Å². The van der Waals surface area contributed by atoms with E-state index < -0.39 is 0 Å². The van der Waals surface area contributed by atoms with E-state index in [1.807, 2.05) is 24.3 Å². The largest absolute Gasteiger partial charge is 0.337 e. The number of carbonyl (C=O) groups is 1. The number of aryl methyl sites for hydroxylation is 1. The molecule has 0 spiro atoms. The van der Waals surface area contributed by atoms with Crippen molar-refractivity contribution in [1.82, 2.24) is 15.0 Å². The molecule has 1 fully saturated rings. The predicted octanol–water partition coefficient (Wildman–Crippen LogP) is 3.54. The van der Waals surface area contributed by atoms with Gasteiger partial charge in [-0.25, -0.2) is 0 Å². The van der Waals surface area contributed by atoms with Crippen molar-refractivity contribution in [3.63, 3.8) is 0 Å². The Balaban J connectivity index is 1.81. The van der Waals surface area contributed by atoms with E-state index in [0.717, 1.165) is 18.4 Å². The van der Waals surface area contributed by atoms with Gasteiger partial charge in [-0.05, 0) is 24.5 Å². The summed E-state index contributed by atoms with van der Waals surface area (Å²) in [6, 6.07) is 7.41. The molecule has 116 valence electrons. The molecular formula is C16H18ClN3O2. The molecule has 1 atom stereocenters. The first-order valence-electron chi connectivity index (χ1n) is 7.54. The van der Waals surface area contributed by atoms with Gasteiger partial charge in [-0.3, -0.25) is 4.79 Å².